The Bertz CT molecular complexity index is 1550. The van der Waals surface area contributed by atoms with E-state index in [2.05, 4.69) is 16.5 Å². The standard InChI is InChI=1S/C37H49Cl2N3O6/c1-9-10-11-12-23-24-15-21(24)16-28(23)46-30(43)18-25(36(3,4)5)34(44)42-19-29(20(2)31(42)35(45)48-37(6,7)8)47-33-32(39)40-26-14-13-22(38)17-27(26)41-33/h9,13-14,17,20-21,23-25,28-29,31H,1,10-12,15-16,18-19H2,2-8H3/t20-,21+,23-,24+,25-,28-,29+,31+/m1/s1. The third-order valence-corrected chi connectivity index (χ3v) is 10.5. The number of ether oxygens (including phenoxy) is 3. The molecule has 2 saturated carbocycles. The maximum atomic E-state index is 14.5. The number of likely N-dealkylation sites (tertiary alicyclic amines) is 1. The van der Waals surface area contributed by atoms with Crippen molar-refractivity contribution < 1.29 is 28.6 Å². The van der Waals surface area contributed by atoms with Gasteiger partial charge in [-0.15, -0.1) is 6.58 Å². The zero-order chi connectivity index (χ0) is 35.1. The van der Waals surface area contributed by atoms with Crippen LogP contribution in [0.2, 0.25) is 10.2 Å². The van der Waals surface area contributed by atoms with Gasteiger partial charge in [0.15, 0.2) is 5.15 Å². The first-order chi connectivity index (χ1) is 22.5. The molecule has 0 bridgehead atoms. The van der Waals surface area contributed by atoms with Gasteiger partial charge < -0.3 is 19.1 Å². The lowest BCUT2D eigenvalue weighted by Gasteiger charge is -2.35. The van der Waals surface area contributed by atoms with Crippen molar-refractivity contribution in [3.05, 3.63) is 41.0 Å². The Hall–Kier alpha value is -2.91. The minimum absolute atomic E-state index is 0.0540. The largest absolute Gasteiger partial charge is 0.470 e. The molecule has 1 amide bonds. The molecular formula is C37H49Cl2N3O6. The van der Waals surface area contributed by atoms with Crippen LogP contribution in [0.5, 0.6) is 5.88 Å². The van der Waals surface area contributed by atoms with Crippen LogP contribution >= 0.6 is 23.2 Å². The van der Waals surface area contributed by atoms with Crippen LogP contribution in [0.15, 0.2) is 30.9 Å². The van der Waals surface area contributed by atoms with Gasteiger partial charge in [0.2, 0.25) is 5.91 Å². The minimum Gasteiger partial charge on any atom is -0.470 e. The average molecular weight is 703 g/mol. The van der Waals surface area contributed by atoms with E-state index in [4.69, 9.17) is 37.4 Å². The van der Waals surface area contributed by atoms with Gasteiger partial charge in [-0.1, -0.05) is 57.0 Å². The van der Waals surface area contributed by atoms with E-state index in [9.17, 15) is 14.4 Å². The first-order valence-electron chi connectivity index (χ1n) is 17.1. The molecule has 2 aromatic rings. The highest BCUT2D eigenvalue weighted by molar-refractivity contribution is 6.32. The van der Waals surface area contributed by atoms with Gasteiger partial charge in [0.25, 0.3) is 5.88 Å². The summed E-state index contributed by atoms with van der Waals surface area (Å²) < 4.78 is 18.2. The normalized spacial score (nSPS) is 27.4. The molecule has 262 valence electrons. The molecule has 2 heterocycles. The van der Waals surface area contributed by atoms with Gasteiger partial charge in [0, 0.05) is 10.9 Å². The van der Waals surface area contributed by atoms with Crippen LogP contribution in [0.25, 0.3) is 11.0 Å². The number of benzene rings is 1. The molecule has 5 rings (SSSR count). The van der Waals surface area contributed by atoms with Crippen LogP contribution in [0, 0.1) is 35.0 Å². The van der Waals surface area contributed by atoms with Crippen LogP contribution in [-0.4, -0.2) is 63.1 Å². The van der Waals surface area contributed by atoms with Gasteiger partial charge in [-0.3, -0.25) is 9.59 Å². The second kappa shape index (κ2) is 14.1. The first-order valence-corrected chi connectivity index (χ1v) is 17.9. The van der Waals surface area contributed by atoms with Crippen LogP contribution < -0.4 is 4.74 Å². The predicted molar refractivity (Wildman–Crippen MR) is 186 cm³/mol. The zero-order valence-electron chi connectivity index (χ0n) is 29.1. The lowest BCUT2D eigenvalue weighted by atomic mass is 9.77. The highest BCUT2D eigenvalue weighted by Crippen LogP contribution is 2.57. The van der Waals surface area contributed by atoms with Crippen molar-refractivity contribution >= 4 is 52.1 Å². The molecule has 0 spiro atoms. The SMILES string of the molecule is C=CCCC[C@@H]1[C@H]2C[C@H]2C[C@H]1OC(=O)C[C@H](C(=O)N1C[C@H](Oc2nc3cc(Cl)ccc3nc2Cl)[C@@H](C)[C@H]1C(=O)OC(C)(C)C)C(C)(C)C. The number of carbonyl (C=O) groups is 3. The van der Waals surface area contributed by atoms with Gasteiger partial charge in [-0.2, -0.15) is 0 Å². The molecule has 1 saturated heterocycles. The predicted octanol–water partition coefficient (Wildman–Crippen LogP) is 7.85. The lowest BCUT2D eigenvalue weighted by Crippen LogP contribution is -2.50. The van der Waals surface area contributed by atoms with Gasteiger partial charge in [0.1, 0.15) is 23.9 Å². The molecule has 48 heavy (non-hydrogen) atoms. The van der Waals surface area contributed by atoms with E-state index in [0.717, 1.165) is 25.7 Å². The van der Waals surface area contributed by atoms with Crippen LogP contribution in [-0.2, 0) is 23.9 Å². The highest BCUT2D eigenvalue weighted by Gasteiger charge is 2.55. The second-order valence-corrected chi connectivity index (χ2v) is 16.7. The molecule has 1 aromatic heterocycles. The Morgan fingerprint density at radius 3 is 2.46 bits per heavy atom. The third-order valence-electron chi connectivity index (χ3n) is 10.0. The molecule has 8 atom stereocenters. The fraction of sp³-hybridized carbons (Fsp3) is 0.649. The first kappa shape index (κ1) is 36.4. The van der Waals surface area contributed by atoms with Crippen molar-refractivity contribution in [1.82, 2.24) is 14.9 Å². The molecule has 0 unspecified atom stereocenters. The molecule has 1 aromatic carbocycles. The van der Waals surface area contributed by atoms with Gasteiger partial charge >= 0.3 is 11.9 Å². The summed E-state index contributed by atoms with van der Waals surface area (Å²) in [5.74, 6) is -0.796. The Morgan fingerprint density at radius 2 is 1.79 bits per heavy atom. The van der Waals surface area contributed by atoms with E-state index >= 15 is 0 Å². The highest BCUT2D eigenvalue weighted by atomic mass is 35.5. The zero-order valence-corrected chi connectivity index (χ0v) is 30.6. The quantitative estimate of drug-likeness (QED) is 0.132. The monoisotopic (exact) mass is 701 g/mol. The van der Waals surface area contributed by atoms with Gasteiger partial charge in [0.05, 0.1) is 29.9 Å². The van der Waals surface area contributed by atoms with E-state index in [1.165, 1.54) is 11.3 Å². The maximum absolute atomic E-state index is 14.5. The van der Waals surface area contributed by atoms with Crippen LogP contribution in [0.3, 0.4) is 0 Å². The number of hydrogen-bond donors (Lipinski definition) is 0. The van der Waals surface area contributed by atoms with Crippen molar-refractivity contribution in [3.63, 3.8) is 0 Å². The molecule has 11 heteroatoms. The number of aromatic nitrogens is 2. The Morgan fingerprint density at radius 1 is 1.06 bits per heavy atom. The molecule has 0 N–H and O–H groups in total. The second-order valence-electron chi connectivity index (χ2n) is 15.9. The summed E-state index contributed by atoms with van der Waals surface area (Å²) in [5, 5.41) is 0.541. The number of unbranched alkanes of at least 4 members (excludes halogenated alkanes) is 1. The van der Waals surface area contributed by atoms with E-state index in [0.29, 0.717) is 33.8 Å². The van der Waals surface area contributed by atoms with E-state index in [1.807, 2.05) is 33.8 Å². The number of amides is 1. The number of esters is 2. The number of fused-ring (bicyclic) bond motifs is 2. The summed E-state index contributed by atoms with van der Waals surface area (Å²) >= 11 is 12.7. The van der Waals surface area contributed by atoms with Crippen molar-refractivity contribution in [2.75, 3.05) is 6.54 Å². The number of allylic oxidation sites excluding steroid dienone is 1. The minimum atomic E-state index is -0.958. The summed E-state index contributed by atoms with van der Waals surface area (Å²) in [4.78, 5) is 52.3. The van der Waals surface area contributed by atoms with Crippen LogP contribution in [0.4, 0.5) is 0 Å². The third kappa shape index (κ3) is 8.27. The average Bonchev–Trinajstić information content (AvgIpc) is 3.54. The Balaban J connectivity index is 1.37. The van der Waals surface area contributed by atoms with Crippen LogP contribution in [0.1, 0.15) is 87.0 Å². The summed E-state index contributed by atoms with van der Waals surface area (Å²) in [7, 11) is 0. The molecule has 0 radical (unpaired) electrons. The molecule has 3 aliphatic rings. The van der Waals surface area contributed by atoms with E-state index < -0.39 is 41.0 Å². The molecule has 1 aliphatic heterocycles. The Kier molecular flexibility index (Phi) is 10.7. The number of hydrogen-bond acceptors (Lipinski definition) is 8. The van der Waals surface area contributed by atoms with E-state index in [-0.39, 0.29) is 42.0 Å². The molecule has 2 aliphatic carbocycles. The number of rotatable bonds is 11. The number of nitrogens with zero attached hydrogens (tertiary/aromatic N) is 3. The number of halogens is 2. The number of carbonyl (C=O) groups excluding carboxylic acids is 3. The van der Waals surface area contributed by atoms with Crippen molar-refractivity contribution in [2.45, 2.75) is 111 Å². The fourth-order valence-corrected chi connectivity index (χ4v) is 7.79. The summed E-state index contributed by atoms with van der Waals surface area (Å²) in [5.41, 5.74) is -0.339. The lowest BCUT2D eigenvalue weighted by molar-refractivity contribution is -0.167. The van der Waals surface area contributed by atoms with E-state index in [1.54, 1.807) is 39.0 Å². The van der Waals surface area contributed by atoms with Gasteiger partial charge in [-0.05, 0) is 94.2 Å². The topological polar surface area (TPSA) is 108 Å². The van der Waals surface area contributed by atoms with Crippen molar-refractivity contribution in [1.29, 1.82) is 0 Å². The summed E-state index contributed by atoms with van der Waals surface area (Å²) in [6.45, 7) is 16.9. The molecular weight excluding hydrogens is 653 g/mol. The molecule has 9 nitrogen and oxygen atoms in total. The smallest absolute Gasteiger partial charge is 0.329 e. The fourth-order valence-electron chi connectivity index (χ4n) is 7.44. The summed E-state index contributed by atoms with van der Waals surface area (Å²) in [6.07, 6.45) is 6.14. The van der Waals surface area contributed by atoms with Gasteiger partial charge in [-0.25, -0.2) is 14.8 Å². The van der Waals surface area contributed by atoms with Crippen molar-refractivity contribution in [3.8, 4) is 5.88 Å². The van der Waals surface area contributed by atoms with Crippen molar-refractivity contribution in [2.24, 2.45) is 35.0 Å². The Labute approximate surface area is 294 Å². The summed E-state index contributed by atoms with van der Waals surface area (Å²) in [6, 6.07) is 4.12. The maximum Gasteiger partial charge on any atom is 0.329 e. The molecule has 3 fully saturated rings.